The van der Waals surface area contributed by atoms with Crippen LogP contribution in [0.15, 0.2) is 52.9 Å². The molecule has 2 aromatic carbocycles. The Hall–Kier alpha value is -3.15. The number of nitrogens with zero attached hydrogens (tertiary/aromatic N) is 1. The first-order valence-electron chi connectivity index (χ1n) is 8.99. The molecule has 0 aliphatic heterocycles. The van der Waals surface area contributed by atoms with E-state index in [9.17, 15) is 9.59 Å². The normalized spacial score (nSPS) is 11.9. The average Bonchev–Trinajstić information content (AvgIpc) is 3.10. The van der Waals surface area contributed by atoms with Gasteiger partial charge in [-0.15, -0.1) is 0 Å². The van der Waals surface area contributed by atoms with E-state index in [1.807, 2.05) is 48.5 Å². The fourth-order valence-electron chi connectivity index (χ4n) is 2.61. The van der Waals surface area contributed by atoms with Crippen LogP contribution < -0.4 is 5.32 Å². The van der Waals surface area contributed by atoms with Gasteiger partial charge >= 0.3 is 5.97 Å². The van der Waals surface area contributed by atoms with Crippen molar-refractivity contribution in [2.24, 2.45) is 0 Å². The van der Waals surface area contributed by atoms with Crippen molar-refractivity contribution >= 4 is 28.7 Å². The molecule has 6 nitrogen and oxygen atoms in total. The minimum atomic E-state index is -0.882. The summed E-state index contributed by atoms with van der Waals surface area (Å²) in [7, 11) is 0. The summed E-state index contributed by atoms with van der Waals surface area (Å²) in [6.07, 6.45) is 0.463. The maximum absolute atomic E-state index is 12.2. The van der Waals surface area contributed by atoms with Crippen molar-refractivity contribution in [1.29, 1.82) is 0 Å². The summed E-state index contributed by atoms with van der Waals surface area (Å²) in [5, 5.41) is 2.74. The predicted octanol–water partition coefficient (Wildman–Crippen LogP) is 3.89. The second-order valence-electron chi connectivity index (χ2n) is 6.25. The zero-order valence-electron chi connectivity index (χ0n) is 15.4. The Labute approximate surface area is 157 Å². The summed E-state index contributed by atoms with van der Waals surface area (Å²) in [6.45, 7) is 3.61. The molecule has 0 fully saturated rings. The van der Waals surface area contributed by atoms with Gasteiger partial charge in [0.1, 0.15) is 5.52 Å². The number of anilines is 1. The van der Waals surface area contributed by atoms with Crippen LogP contribution in [0.25, 0.3) is 11.1 Å². The second-order valence-corrected chi connectivity index (χ2v) is 6.25. The quantitative estimate of drug-likeness (QED) is 0.642. The smallest absolute Gasteiger partial charge is 0.307 e. The van der Waals surface area contributed by atoms with E-state index in [0.29, 0.717) is 23.6 Å². The Morgan fingerprint density at radius 1 is 1.15 bits per heavy atom. The molecule has 0 radical (unpaired) electrons. The van der Waals surface area contributed by atoms with E-state index < -0.39 is 12.1 Å². The fraction of sp³-hybridized carbons (Fsp3) is 0.286. The van der Waals surface area contributed by atoms with E-state index in [4.69, 9.17) is 9.15 Å². The molecular weight excluding hydrogens is 344 g/mol. The van der Waals surface area contributed by atoms with Crippen LogP contribution in [0.5, 0.6) is 0 Å². The van der Waals surface area contributed by atoms with E-state index >= 15 is 0 Å². The molecule has 1 amide bonds. The van der Waals surface area contributed by atoms with Gasteiger partial charge in [-0.2, -0.15) is 0 Å². The first-order valence-corrected chi connectivity index (χ1v) is 8.99. The summed E-state index contributed by atoms with van der Waals surface area (Å²) < 4.78 is 10.8. The molecule has 0 saturated carbocycles. The van der Waals surface area contributed by atoms with E-state index in [1.165, 1.54) is 5.56 Å². The number of amides is 1. The fourth-order valence-corrected chi connectivity index (χ4v) is 2.61. The monoisotopic (exact) mass is 366 g/mol. The first-order chi connectivity index (χ1) is 13.0. The average molecular weight is 366 g/mol. The van der Waals surface area contributed by atoms with Gasteiger partial charge < -0.3 is 14.5 Å². The van der Waals surface area contributed by atoms with Crippen molar-refractivity contribution in [2.75, 3.05) is 5.32 Å². The SMILES string of the molecule is CCc1ccc(NC(=O)[C@@H](C)OC(=O)CCc2nc3ccccc3o2)cc1. The molecule has 0 saturated heterocycles. The molecule has 0 aliphatic rings. The van der Waals surface area contributed by atoms with Crippen LogP contribution in [0.4, 0.5) is 5.69 Å². The van der Waals surface area contributed by atoms with Crippen LogP contribution >= 0.6 is 0 Å². The Bertz CT molecular complexity index is 898. The highest BCUT2D eigenvalue weighted by Gasteiger charge is 2.18. The molecule has 1 aromatic heterocycles. The molecule has 3 aromatic rings. The highest BCUT2D eigenvalue weighted by molar-refractivity contribution is 5.95. The molecule has 0 bridgehead atoms. The van der Waals surface area contributed by atoms with E-state index in [1.54, 1.807) is 6.92 Å². The molecule has 27 heavy (non-hydrogen) atoms. The molecule has 140 valence electrons. The Morgan fingerprint density at radius 3 is 2.59 bits per heavy atom. The number of benzene rings is 2. The number of ether oxygens (including phenoxy) is 1. The van der Waals surface area contributed by atoms with E-state index in [2.05, 4.69) is 17.2 Å². The minimum absolute atomic E-state index is 0.0929. The maximum Gasteiger partial charge on any atom is 0.307 e. The first kappa shape index (κ1) is 18.6. The lowest BCUT2D eigenvalue weighted by Gasteiger charge is -2.13. The maximum atomic E-state index is 12.2. The summed E-state index contributed by atoms with van der Waals surface area (Å²) >= 11 is 0. The molecule has 1 atom stereocenters. The summed E-state index contributed by atoms with van der Waals surface area (Å²) in [4.78, 5) is 28.5. The highest BCUT2D eigenvalue weighted by atomic mass is 16.5. The van der Waals surface area contributed by atoms with E-state index in [-0.39, 0.29) is 12.3 Å². The van der Waals surface area contributed by atoms with Crippen LogP contribution in [0.1, 0.15) is 31.7 Å². The lowest BCUT2D eigenvalue weighted by Crippen LogP contribution is -2.30. The number of carbonyl (C=O) groups is 2. The molecule has 1 N–H and O–H groups in total. The van der Waals surface area contributed by atoms with Crippen molar-refractivity contribution in [3.8, 4) is 0 Å². The third kappa shape index (κ3) is 4.94. The van der Waals surface area contributed by atoms with Crippen LogP contribution in [-0.4, -0.2) is 23.0 Å². The van der Waals surface area contributed by atoms with E-state index in [0.717, 1.165) is 11.9 Å². The van der Waals surface area contributed by atoms with Gasteiger partial charge in [0.05, 0.1) is 6.42 Å². The number of rotatable bonds is 7. The van der Waals surface area contributed by atoms with Gasteiger partial charge in [0.2, 0.25) is 0 Å². The molecule has 0 aliphatic carbocycles. The van der Waals surface area contributed by atoms with Crippen LogP contribution in [0.3, 0.4) is 0 Å². The number of carbonyl (C=O) groups excluding carboxylic acids is 2. The number of hydrogen-bond donors (Lipinski definition) is 1. The third-order valence-corrected chi connectivity index (χ3v) is 4.19. The largest absolute Gasteiger partial charge is 0.453 e. The topological polar surface area (TPSA) is 81.4 Å². The Balaban J connectivity index is 1.48. The number of oxazole rings is 1. The van der Waals surface area contributed by atoms with Gasteiger partial charge in [0.25, 0.3) is 5.91 Å². The van der Waals surface area contributed by atoms with Gasteiger partial charge in [-0.25, -0.2) is 4.98 Å². The van der Waals surface area contributed by atoms with Crippen molar-refractivity contribution in [3.05, 3.63) is 60.0 Å². The van der Waals surface area contributed by atoms with Crippen LogP contribution in [0, 0.1) is 0 Å². The van der Waals surface area contributed by atoms with Crippen molar-refractivity contribution in [2.45, 2.75) is 39.2 Å². The summed E-state index contributed by atoms with van der Waals surface area (Å²) in [5.74, 6) is -0.364. The number of aromatic nitrogens is 1. The van der Waals surface area contributed by atoms with Gasteiger partial charge in [0, 0.05) is 12.1 Å². The molecule has 1 heterocycles. The number of esters is 1. The zero-order chi connectivity index (χ0) is 19.2. The van der Waals surface area contributed by atoms with Crippen molar-refractivity contribution < 1.29 is 18.7 Å². The number of fused-ring (bicyclic) bond motifs is 1. The van der Waals surface area contributed by atoms with Gasteiger partial charge in [0.15, 0.2) is 17.6 Å². The lowest BCUT2D eigenvalue weighted by molar-refractivity contribution is -0.153. The molecule has 3 rings (SSSR count). The molecule has 6 heteroatoms. The molecule has 0 spiro atoms. The lowest BCUT2D eigenvalue weighted by atomic mass is 10.1. The van der Waals surface area contributed by atoms with Gasteiger partial charge in [-0.1, -0.05) is 31.2 Å². The van der Waals surface area contributed by atoms with Gasteiger partial charge in [-0.3, -0.25) is 9.59 Å². The third-order valence-electron chi connectivity index (χ3n) is 4.19. The number of aryl methyl sites for hydroxylation is 2. The number of hydrogen-bond acceptors (Lipinski definition) is 5. The van der Waals surface area contributed by atoms with Crippen molar-refractivity contribution in [1.82, 2.24) is 4.98 Å². The summed E-state index contributed by atoms with van der Waals surface area (Å²) in [5.41, 5.74) is 3.30. The Morgan fingerprint density at radius 2 is 1.89 bits per heavy atom. The number of para-hydroxylation sites is 2. The number of nitrogens with one attached hydrogen (secondary N) is 1. The van der Waals surface area contributed by atoms with Crippen LogP contribution in [-0.2, 0) is 27.2 Å². The van der Waals surface area contributed by atoms with Crippen LogP contribution in [0.2, 0.25) is 0 Å². The minimum Gasteiger partial charge on any atom is -0.453 e. The standard InChI is InChI=1S/C21H22N2O4/c1-3-15-8-10-16(11-9-15)22-21(25)14(2)26-20(24)13-12-19-23-17-6-4-5-7-18(17)27-19/h4-11,14H,3,12-13H2,1-2H3,(H,22,25)/t14-/m1/s1. The molecular formula is C21H22N2O4. The predicted molar refractivity (Wildman–Crippen MR) is 102 cm³/mol. The molecule has 0 unspecified atom stereocenters. The zero-order valence-corrected chi connectivity index (χ0v) is 15.4. The highest BCUT2D eigenvalue weighted by Crippen LogP contribution is 2.16. The second kappa shape index (κ2) is 8.49. The van der Waals surface area contributed by atoms with Gasteiger partial charge in [-0.05, 0) is 43.2 Å². The summed E-state index contributed by atoms with van der Waals surface area (Å²) in [6, 6.07) is 15.0. The van der Waals surface area contributed by atoms with Crippen molar-refractivity contribution in [3.63, 3.8) is 0 Å². The Kier molecular flexibility index (Phi) is 5.86.